The predicted octanol–water partition coefficient (Wildman–Crippen LogP) is 2.17. The van der Waals surface area contributed by atoms with Gasteiger partial charge in [-0.25, -0.2) is 13.2 Å². The van der Waals surface area contributed by atoms with E-state index < -0.39 is 16.0 Å². The minimum absolute atomic E-state index is 0.0175. The Morgan fingerprint density at radius 1 is 1.04 bits per heavy atom. The van der Waals surface area contributed by atoms with E-state index in [-0.39, 0.29) is 28.1 Å². The summed E-state index contributed by atoms with van der Waals surface area (Å²) in [5, 5.41) is 2.84. The summed E-state index contributed by atoms with van der Waals surface area (Å²) in [6, 6.07) is 11.9. The van der Waals surface area contributed by atoms with Crippen molar-refractivity contribution < 1.29 is 22.7 Å². The van der Waals surface area contributed by atoms with Crippen LogP contribution in [0.15, 0.2) is 53.4 Å². The van der Waals surface area contributed by atoms with E-state index in [0.717, 1.165) is 12.8 Å². The van der Waals surface area contributed by atoms with Gasteiger partial charge in [-0.1, -0.05) is 6.07 Å². The molecule has 2 aromatic rings. The van der Waals surface area contributed by atoms with Crippen LogP contribution in [0.3, 0.4) is 0 Å². The number of amides is 1. The van der Waals surface area contributed by atoms with Crippen LogP contribution in [-0.2, 0) is 14.8 Å². The molecule has 0 radical (unpaired) electrons. The molecule has 7 nitrogen and oxygen atoms in total. The normalized spacial score (nSPS) is 13.7. The first-order valence-electron chi connectivity index (χ1n) is 8.01. The van der Waals surface area contributed by atoms with Crippen molar-refractivity contribution in [2.75, 3.05) is 11.8 Å². The third kappa shape index (κ3) is 4.20. The molecule has 3 rings (SSSR count). The molecule has 0 saturated heterocycles. The summed E-state index contributed by atoms with van der Waals surface area (Å²) in [7, 11) is -2.60. The molecule has 136 valence electrons. The first-order chi connectivity index (χ1) is 12.4. The molecule has 26 heavy (non-hydrogen) atoms. The number of carbonyl (C=O) groups is 2. The molecule has 1 fully saturated rings. The van der Waals surface area contributed by atoms with Gasteiger partial charge < -0.3 is 10.1 Å². The highest BCUT2D eigenvalue weighted by atomic mass is 32.2. The van der Waals surface area contributed by atoms with E-state index in [0.29, 0.717) is 5.56 Å². The Labute approximate surface area is 151 Å². The van der Waals surface area contributed by atoms with E-state index in [9.17, 15) is 18.0 Å². The Kier molecular flexibility index (Phi) is 4.94. The Bertz CT molecular complexity index is 934. The maximum absolute atomic E-state index is 12.5. The van der Waals surface area contributed by atoms with Crippen molar-refractivity contribution in [2.24, 2.45) is 0 Å². The van der Waals surface area contributed by atoms with Gasteiger partial charge in [0.15, 0.2) is 0 Å². The van der Waals surface area contributed by atoms with Gasteiger partial charge in [0, 0.05) is 17.3 Å². The highest BCUT2D eigenvalue weighted by Crippen LogP contribution is 2.21. The van der Waals surface area contributed by atoms with Crippen molar-refractivity contribution in [3.8, 4) is 0 Å². The van der Waals surface area contributed by atoms with Gasteiger partial charge in [0.05, 0.1) is 17.6 Å². The van der Waals surface area contributed by atoms with E-state index >= 15 is 0 Å². The fourth-order valence-corrected chi connectivity index (χ4v) is 3.37. The molecule has 1 amide bonds. The third-order valence-electron chi connectivity index (χ3n) is 3.88. The number of nitrogens with one attached hydrogen (secondary N) is 2. The number of rotatable bonds is 6. The average Bonchev–Trinajstić information content (AvgIpc) is 3.45. The number of methoxy groups -OCH3 is 1. The maximum atomic E-state index is 12.5. The zero-order chi connectivity index (χ0) is 18.7. The van der Waals surface area contributed by atoms with Gasteiger partial charge in [-0.2, -0.15) is 0 Å². The molecule has 0 aromatic heterocycles. The quantitative estimate of drug-likeness (QED) is 0.755. The standard InChI is InChI=1S/C18H18N2O5S/c1-25-18(22)13-3-2-4-15(11-13)20-26(23,24)16-9-5-12(6-10-16)17(21)19-14-7-8-14/h2-6,9-11,14,20H,7-8H2,1H3,(H,19,21). The van der Waals surface area contributed by atoms with E-state index in [1.54, 1.807) is 6.07 Å². The van der Waals surface area contributed by atoms with Crippen LogP contribution in [0.4, 0.5) is 5.69 Å². The van der Waals surface area contributed by atoms with Gasteiger partial charge in [0.25, 0.3) is 15.9 Å². The number of hydrogen-bond donors (Lipinski definition) is 2. The lowest BCUT2D eigenvalue weighted by molar-refractivity contribution is 0.0600. The molecular weight excluding hydrogens is 356 g/mol. The van der Waals surface area contributed by atoms with Crippen molar-refractivity contribution in [3.05, 3.63) is 59.7 Å². The molecular formula is C18H18N2O5S. The largest absolute Gasteiger partial charge is 0.465 e. The monoisotopic (exact) mass is 374 g/mol. The van der Waals surface area contributed by atoms with E-state index in [1.165, 1.54) is 49.6 Å². The average molecular weight is 374 g/mol. The van der Waals surface area contributed by atoms with E-state index in [2.05, 4.69) is 14.8 Å². The third-order valence-corrected chi connectivity index (χ3v) is 5.27. The van der Waals surface area contributed by atoms with Gasteiger partial charge in [-0.3, -0.25) is 9.52 Å². The number of hydrogen-bond acceptors (Lipinski definition) is 5. The van der Waals surface area contributed by atoms with Crippen LogP contribution in [0.1, 0.15) is 33.6 Å². The van der Waals surface area contributed by atoms with Crippen LogP contribution in [0.25, 0.3) is 0 Å². The predicted molar refractivity (Wildman–Crippen MR) is 95.5 cm³/mol. The van der Waals surface area contributed by atoms with Crippen molar-refractivity contribution in [1.29, 1.82) is 0 Å². The summed E-state index contributed by atoms with van der Waals surface area (Å²) in [6.45, 7) is 0. The Morgan fingerprint density at radius 2 is 1.73 bits per heavy atom. The molecule has 2 N–H and O–H groups in total. The Morgan fingerprint density at radius 3 is 2.35 bits per heavy atom. The van der Waals surface area contributed by atoms with Crippen LogP contribution in [0, 0.1) is 0 Å². The first-order valence-corrected chi connectivity index (χ1v) is 9.49. The SMILES string of the molecule is COC(=O)c1cccc(NS(=O)(=O)c2ccc(C(=O)NC3CC3)cc2)c1. The summed E-state index contributed by atoms with van der Waals surface area (Å²) in [4.78, 5) is 23.5. The van der Waals surface area contributed by atoms with Crippen molar-refractivity contribution >= 4 is 27.6 Å². The minimum atomic E-state index is -3.85. The zero-order valence-corrected chi connectivity index (χ0v) is 14.9. The molecule has 0 unspecified atom stereocenters. The molecule has 8 heteroatoms. The number of sulfonamides is 1. The van der Waals surface area contributed by atoms with Crippen molar-refractivity contribution in [1.82, 2.24) is 5.32 Å². The topological polar surface area (TPSA) is 102 Å². The summed E-state index contributed by atoms with van der Waals surface area (Å²) in [6.07, 6.45) is 1.96. The molecule has 0 bridgehead atoms. The van der Waals surface area contributed by atoms with Crippen LogP contribution >= 0.6 is 0 Å². The van der Waals surface area contributed by atoms with Crippen LogP contribution in [0.2, 0.25) is 0 Å². The molecule has 1 aliphatic carbocycles. The summed E-state index contributed by atoms with van der Waals surface area (Å²) in [5.74, 6) is -0.771. The van der Waals surface area contributed by atoms with Crippen molar-refractivity contribution in [3.63, 3.8) is 0 Å². The number of ether oxygens (including phenoxy) is 1. The highest BCUT2D eigenvalue weighted by Gasteiger charge is 2.24. The lowest BCUT2D eigenvalue weighted by Crippen LogP contribution is -2.25. The van der Waals surface area contributed by atoms with E-state index in [4.69, 9.17) is 0 Å². The minimum Gasteiger partial charge on any atom is -0.465 e. The summed E-state index contributed by atoms with van der Waals surface area (Å²) < 4.78 is 32.0. The number of esters is 1. The molecule has 1 aliphatic rings. The molecule has 0 spiro atoms. The lowest BCUT2D eigenvalue weighted by Gasteiger charge is -2.10. The van der Waals surface area contributed by atoms with Gasteiger partial charge >= 0.3 is 5.97 Å². The maximum Gasteiger partial charge on any atom is 0.337 e. The molecule has 2 aromatic carbocycles. The highest BCUT2D eigenvalue weighted by molar-refractivity contribution is 7.92. The second kappa shape index (κ2) is 7.17. The van der Waals surface area contributed by atoms with Crippen LogP contribution < -0.4 is 10.0 Å². The van der Waals surface area contributed by atoms with Crippen LogP contribution in [-0.4, -0.2) is 33.4 Å². The second-order valence-electron chi connectivity index (χ2n) is 5.95. The molecule has 0 atom stereocenters. The molecule has 0 heterocycles. The second-order valence-corrected chi connectivity index (χ2v) is 7.63. The number of benzene rings is 2. The van der Waals surface area contributed by atoms with Gasteiger partial charge in [-0.05, 0) is 55.3 Å². The Hall–Kier alpha value is -2.87. The fourth-order valence-electron chi connectivity index (χ4n) is 2.32. The first kappa shape index (κ1) is 17.9. The molecule has 1 saturated carbocycles. The number of carbonyl (C=O) groups excluding carboxylic acids is 2. The molecule has 0 aliphatic heterocycles. The Balaban J connectivity index is 1.75. The van der Waals surface area contributed by atoms with Gasteiger partial charge in [0.1, 0.15) is 0 Å². The summed E-state index contributed by atoms with van der Waals surface area (Å²) in [5.41, 5.74) is 0.881. The summed E-state index contributed by atoms with van der Waals surface area (Å²) >= 11 is 0. The smallest absolute Gasteiger partial charge is 0.337 e. The number of anilines is 1. The van der Waals surface area contributed by atoms with Crippen LogP contribution in [0.5, 0.6) is 0 Å². The fraction of sp³-hybridized carbons (Fsp3) is 0.222. The van der Waals surface area contributed by atoms with Gasteiger partial charge in [-0.15, -0.1) is 0 Å². The zero-order valence-electron chi connectivity index (χ0n) is 14.1. The van der Waals surface area contributed by atoms with E-state index in [1.807, 2.05) is 0 Å². The lowest BCUT2D eigenvalue weighted by atomic mass is 10.2. The van der Waals surface area contributed by atoms with Gasteiger partial charge in [0.2, 0.25) is 0 Å². The van der Waals surface area contributed by atoms with Crippen molar-refractivity contribution in [2.45, 2.75) is 23.8 Å².